The predicted molar refractivity (Wildman–Crippen MR) is 135 cm³/mol. The van der Waals surface area contributed by atoms with Crippen molar-refractivity contribution in [2.24, 2.45) is 5.92 Å². The van der Waals surface area contributed by atoms with Crippen LogP contribution in [0, 0.1) is 5.92 Å². The van der Waals surface area contributed by atoms with E-state index in [4.69, 9.17) is 4.74 Å². The molecule has 2 aliphatic carbocycles. The first-order valence-corrected chi connectivity index (χ1v) is 13.7. The molecule has 9 nitrogen and oxygen atoms in total. The molecule has 0 radical (unpaired) electrons. The molecule has 4 amide bonds. The number of amides is 4. The summed E-state index contributed by atoms with van der Waals surface area (Å²) in [7, 11) is 0. The molecule has 36 heavy (non-hydrogen) atoms. The molecular weight excluding hydrogens is 460 g/mol. The highest BCUT2D eigenvalue weighted by Gasteiger charge is 2.61. The van der Waals surface area contributed by atoms with Gasteiger partial charge in [-0.05, 0) is 78.6 Å². The van der Waals surface area contributed by atoms with Crippen molar-refractivity contribution in [3.8, 4) is 0 Å². The number of hydrogen-bond donors (Lipinski definition) is 3. The summed E-state index contributed by atoms with van der Waals surface area (Å²) in [4.78, 5) is 54.4. The Bertz CT molecular complexity index is 893. The van der Waals surface area contributed by atoms with E-state index in [1.807, 2.05) is 0 Å². The van der Waals surface area contributed by atoms with Crippen molar-refractivity contribution in [1.82, 2.24) is 20.9 Å². The SMILES string of the molecule is CC(C)(C)OC(=O)N[C@H]1CCCCC/C=C\[C@@H]2C[C@@]2(C(=O)NC2CCC2)NC(=O)[C@@H]2CCCN2C1=O. The number of ether oxygens (including phenoxy) is 1. The summed E-state index contributed by atoms with van der Waals surface area (Å²) < 4.78 is 5.40. The summed E-state index contributed by atoms with van der Waals surface area (Å²) in [5.74, 6) is -0.683. The summed E-state index contributed by atoms with van der Waals surface area (Å²) in [6.07, 6.45) is 12.5. The van der Waals surface area contributed by atoms with E-state index in [1.54, 1.807) is 25.7 Å². The van der Waals surface area contributed by atoms with Crippen LogP contribution >= 0.6 is 0 Å². The average molecular weight is 503 g/mol. The van der Waals surface area contributed by atoms with Gasteiger partial charge in [0.1, 0.15) is 23.2 Å². The normalized spacial score (nSPS) is 32.5. The molecule has 9 heteroatoms. The van der Waals surface area contributed by atoms with E-state index in [9.17, 15) is 19.2 Å². The Kier molecular flexibility index (Phi) is 7.95. The number of fused-ring (bicyclic) bond motifs is 2. The van der Waals surface area contributed by atoms with Crippen LogP contribution < -0.4 is 16.0 Å². The zero-order valence-electron chi connectivity index (χ0n) is 21.9. The molecular formula is C27H42N4O5. The summed E-state index contributed by atoms with van der Waals surface area (Å²) in [5.41, 5.74) is -1.61. The molecule has 0 spiro atoms. The van der Waals surface area contributed by atoms with Crippen LogP contribution in [0.1, 0.15) is 91.4 Å². The van der Waals surface area contributed by atoms with Crippen molar-refractivity contribution >= 4 is 23.8 Å². The van der Waals surface area contributed by atoms with Crippen LogP contribution in [0.25, 0.3) is 0 Å². The van der Waals surface area contributed by atoms with Gasteiger partial charge in [-0.3, -0.25) is 14.4 Å². The van der Waals surface area contributed by atoms with Crippen LogP contribution in [0.3, 0.4) is 0 Å². The molecule has 200 valence electrons. The van der Waals surface area contributed by atoms with Gasteiger partial charge in [0.05, 0.1) is 0 Å². The van der Waals surface area contributed by atoms with Crippen molar-refractivity contribution < 1.29 is 23.9 Å². The molecule has 2 aliphatic heterocycles. The molecule has 3 N–H and O–H groups in total. The van der Waals surface area contributed by atoms with E-state index < -0.39 is 29.3 Å². The molecule has 2 saturated carbocycles. The maximum atomic E-state index is 13.6. The Labute approximate surface area is 214 Å². The van der Waals surface area contributed by atoms with Crippen molar-refractivity contribution in [2.45, 2.75) is 121 Å². The van der Waals surface area contributed by atoms with Gasteiger partial charge in [0.15, 0.2) is 0 Å². The number of rotatable bonds is 3. The predicted octanol–water partition coefficient (Wildman–Crippen LogP) is 2.93. The molecule has 4 rings (SSSR count). The number of carbonyl (C=O) groups is 4. The van der Waals surface area contributed by atoms with E-state index in [1.165, 1.54) is 0 Å². The number of allylic oxidation sites excluding steroid dienone is 1. The monoisotopic (exact) mass is 502 g/mol. The third kappa shape index (κ3) is 6.21. The van der Waals surface area contributed by atoms with Crippen molar-refractivity contribution in [1.29, 1.82) is 0 Å². The number of carbonyl (C=O) groups excluding carboxylic acids is 4. The van der Waals surface area contributed by atoms with Crippen LogP contribution in [-0.2, 0) is 19.1 Å². The van der Waals surface area contributed by atoms with Crippen LogP contribution in [0.5, 0.6) is 0 Å². The molecule has 4 aliphatic rings. The van der Waals surface area contributed by atoms with Gasteiger partial charge in [0, 0.05) is 18.5 Å². The molecule has 0 bridgehead atoms. The summed E-state index contributed by atoms with van der Waals surface area (Å²) >= 11 is 0. The van der Waals surface area contributed by atoms with E-state index >= 15 is 0 Å². The Balaban J connectivity index is 1.51. The van der Waals surface area contributed by atoms with Gasteiger partial charge >= 0.3 is 6.09 Å². The van der Waals surface area contributed by atoms with Gasteiger partial charge in [-0.15, -0.1) is 0 Å². The lowest BCUT2D eigenvalue weighted by atomic mass is 9.92. The van der Waals surface area contributed by atoms with E-state index in [0.717, 1.165) is 44.9 Å². The Hall–Kier alpha value is -2.58. The average Bonchev–Trinajstić information content (AvgIpc) is 3.23. The molecule has 4 atom stereocenters. The third-order valence-electron chi connectivity index (χ3n) is 7.77. The molecule has 3 fully saturated rings. The highest BCUT2D eigenvalue weighted by atomic mass is 16.6. The largest absolute Gasteiger partial charge is 0.444 e. The maximum absolute atomic E-state index is 13.6. The number of nitrogens with zero attached hydrogens (tertiary/aromatic N) is 1. The number of alkyl carbamates (subject to hydrolysis) is 1. The van der Waals surface area contributed by atoms with Crippen LogP contribution in [-0.4, -0.2) is 64.5 Å². The van der Waals surface area contributed by atoms with Gasteiger partial charge in [-0.1, -0.05) is 25.0 Å². The van der Waals surface area contributed by atoms with Crippen molar-refractivity contribution in [2.75, 3.05) is 6.54 Å². The zero-order chi connectivity index (χ0) is 25.9. The van der Waals surface area contributed by atoms with Gasteiger partial charge in [-0.25, -0.2) is 4.79 Å². The molecule has 2 heterocycles. The molecule has 0 aromatic rings. The third-order valence-corrected chi connectivity index (χ3v) is 7.77. The Morgan fingerprint density at radius 3 is 2.50 bits per heavy atom. The fourth-order valence-electron chi connectivity index (χ4n) is 5.41. The highest BCUT2D eigenvalue weighted by Crippen LogP contribution is 2.46. The summed E-state index contributed by atoms with van der Waals surface area (Å²) in [6, 6.07) is -1.21. The molecule has 1 saturated heterocycles. The molecule has 0 aromatic heterocycles. The van der Waals surface area contributed by atoms with E-state index in [2.05, 4.69) is 28.1 Å². The summed E-state index contributed by atoms with van der Waals surface area (Å²) in [5, 5.41) is 8.94. The van der Waals surface area contributed by atoms with Gasteiger partial charge in [0.25, 0.3) is 0 Å². The van der Waals surface area contributed by atoms with Gasteiger partial charge in [-0.2, -0.15) is 0 Å². The molecule has 0 aromatic carbocycles. The zero-order valence-corrected chi connectivity index (χ0v) is 21.9. The second-order valence-electron chi connectivity index (χ2n) is 11.8. The Morgan fingerprint density at radius 2 is 1.81 bits per heavy atom. The quantitative estimate of drug-likeness (QED) is 0.513. The smallest absolute Gasteiger partial charge is 0.408 e. The lowest BCUT2D eigenvalue weighted by Gasteiger charge is -2.32. The van der Waals surface area contributed by atoms with Crippen LogP contribution in [0.2, 0.25) is 0 Å². The van der Waals surface area contributed by atoms with Crippen LogP contribution in [0.4, 0.5) is 4.79 Å². The first-order valence-electron chi connectivity index (χ1n) is 13.7. The first kappa shape index (κ1) is 26.5. The van der Waals surface area contributed by atoms with E-state index in [-0.39, 0.29) is 29.7 Å². The topological polar surface area (TPSA) is 117 Å². The lowest BCUT2D eigenvalue weighted by molar-refractivity contribution is -0.141. The Morgan fingerprint density at radius 1 is 1.03 bits per heavy atom. The standard InChI is InChI=1S/C27H42N4O5/c1-26(2,3)36-25(35)29-20-14-8-6-4-5-7-11-18-17-27(18,24(34)28-19-12-9-13-19)30-22(32)21-15-10-16-31(21)23(20)33/h7,11,18-21H,4-6,8-10,12-17H2,1-3H3,(H,28,34)(H,29,35)(H,30,32)/b11-7-/t18-,20+,21+,27-/m1/s1. The summed E-state index contributed by atoms with van der Waals surface area (Å²) in [6.45, 7) is 5.79. The van der Waals surface area contributed by atoms with Gasteiger partial charge in [0.2, 0.25) is 17.7 Å². The number of hydrogen-bond acceptors (Lipinski definition) is 5. The minimum Gasteiger partial charge on any atom is -0.444 e. The second-order valence-corrected chi connectivity index (χ2v) is 11.8. The van der Waals surface area contributed by atoms with Gasteiger partial charge < -0.3 is 25.6 Å². The van der Waals surface area contributed by atoms with Crippen molar-refractivity contribution in [3.63, 3.8) is 0 Å². The first-order chi connectivity index (χ1) is 17.1. The number of nitrogens with one attached hydrogen (secondary N) is 3. The highest BCUT2D eigenvalue weighted by molar-refractivity contribution is 5.98. The second kappa shape index (κ2) is 10.8. The fraction of sp³-hybridized carbons (Fsp3) is 0.778. The molecule has 0 unspecified atom stereocenters. The lowest BCUT2D eigenvalue weighted by Crippen LogP contribution is -2.59. The van der Waals surface area contributed by atoms with Crippen LogP contribution in [0.15, 0.2) is 12.2 Å². The fourth-order valence-corrected chi connectivity index (χ4v) is 5.41. The van der Waals surface area contributed by atoms with E-state index in [0.29, 0.717) is 32.2 Å². The maximum Gasteiger partial charge on any atom is 0.408 e. The minimum atomic E-state index is -0.936. The van der Waals surface area contributed by atoms with Crippen molar-refractivity contribution in [3.05, 3.63) is 12.2 Å². The minimum absolute atomic E-state index is 0.0289.